The summed E-state index contributed by atoms with van der Waals surface area (Å²) < 4.78 is 6.85. The summed E-state index contributed by atoms with van der Waals surface area (Å²) in [6.45, 7) is 5.63. The van der Waals surface area contributed by atoms with Crippen LogP contribution in [0.2, 0.25) is 0 Å². The van der Waals surface area contributed by atoms with E-state index in [1.54, 1.807) is 7.11 Å². The van der Waals surface area contributed by atoms with E-state index in [0.29, 0.717) is 19.7 Å². The third-order valence-corrected chi connectivity index (χ3v) is 3.81. The minimum Gasteiger partial charge on any atom is -0.388 e. The number of aliphatic hydroxyl groups is 1. The van der Waals surface area contributed by atoms with Gasteiger partial charge in [0.15, 0.2) is 0 Å². The van der Waals surface area contributed by atoms with Crippen molar-refractivity contribution in [3.05, 3.63) is 23.5 Å². The largest absolute Gasteiger partial charge is 0.388 e. The molecule has 1 aromatic rings. The molecule has 0 fully saturated rings. The Kier molecular flexibility index (Phi) is 4.50. The maximum Gasteiger partial charge on any atom is 0.240 e. The zero-order valence-corrected chi connectivity index (χ0v) is 12.5. The van der Waals surface area contributed by atoms with Crippen molar-refractivity contribution in [1.29, 1.82) is 0 Å². The lowest BCUT2D eigenvalue weighted by Gasteiger charge is -2.33. The molecule has 1 heterocycles. The van der Waals surface area contributed by atoms with E-state index >= 15 is 0 Å². The van der Waals surface area contributed by atoms with Gasteiger partial charge in [0.1, 0.15) is 6.54 Å². The van der Waals surface area contributed by atoms with E-state index in [9.17, 15) is 9.90 Å². The monoisotopic (exact) mass is 280 g/mol. The van der Waals surface area contributed by atoms with E-state index in [0.717, 1.165) is 24.1 Å². The van der Waals surface area contributed by atoms with Crippen LogP contribution >= 0.6 is 0 Å². The Balaban J connectivity index is 2.06. The van der Waals surface area contributed by atoms with E-state index in [1.807, 2.05) is 16.8 Å². The first-order valence-electron chi connectivity index (χ1n) is 7.04. The second-order valence-electron chi connectivity index (χ2n) is 6.25. The second kappa shape index (κ2) is 5.97. The highest BCUT2D eigenvalue weighted by atomic mass is 16.5. The molecule has 1 aliphatic rings. The number of nitrogens with zero attached hydrogens (tertiary/aromatic N) is 1. The molecule has 5 heteroatoms. The molecular weight excluding hydrogens is 256 g/mol. The molecule has 20 heavy (non-hydrogen) atoms. The molecule has 1 aliphatic carbocycles. The molecule has 1 amide bonds. The molecule has 1 unspecified atom stereocenters. The van der Waals surface area contributed by atoms with Crippen molar-refractivity contribution in [3.8, 4) is 0 Å². The van der Waals surface area contributed by atoms with E-state index < -0.39 is 6.10 Å². The number of fused-ring (bicyclic) bond motifs is 1. The highest BCUT2D eigenvalue weighted by Gasteiger charge is 2.33. The van der Waals surface area contributed by atoms with Gasteiger partial charge in [0.25, 0.3) is 0 Å². The van der Waals surface area contributed by atoms with Gasteiger partial charge in [-0.2, -0.15) is 0 Å². The fourth-order valence-corrected chi connectivity index (χ4v) is 2.84. The van der Waals surface area contributed by atoms with Gasteiger partial charge in [0.2, 0.25) is 5.91 Å². The number of hydrogen-bond donors (Lipinski definition) is 2. The van der Waals surface area contributed by atoms with Crippen LogP contribution in [0.1, 0.15) is 37.6 Å². The number of methoxy groups -OCH3 is 1. The van der Waals surface area contributed by atoms with Crippen LogP contribution in [0.5, 0.6) is 0 Å². The molecule has 0 bridgehead atoms. The molecule has 0 saturated heterocycles. The SMILES string of the molecule is COCCNC(=O)Cn1ccc2c1CC(C)(C)CC2O. The summed E-state index contributed by atoms with van der Waals surface area (Å²) in [6, 6.07) is 1.93. The van der Waals surface area contributed by atoms with Crippen LogP contribution in [0.15, 0.2) is 12.3 Å². The average molecular weight is 280 g/mol. The summed E-state index contributed by atoms with van der Waals surface area (Å²) in [7, 11) is 1.61. The zero-order chi connectivity index (χ0) is 14.8. The van der Waals surface area contributed by atoms with E-state index in [1.165, 1.54) is 0 Å². The fraction of sp³-hybridized carbons (Fsp3) is 0.667. The number of hydrogen-bond acceptors (Lipinski definition) is 3. The Morgan fingerprint density at radius 2 is 2.35 bits per heavy atom. The van der Waals surface area contributed by atoms with Crippen LogP contribution in [-0.2, 0) is 22.5 Å². The van der Waals surface area contributed by atoms with Crippen molar-refractivity contribution in [3.63, 3.8) is 0 Å². The fourth-order valence-electron chi connectivity index (χ4n) is 2.84. The minimum absolute atomic E-state index is 0.0293. The van der Waals surface area contributed by atoms with Crippen molar-refractivity contribution < 1.29 is 14.6 Å². The van der Waals surface area contributed by atoms with Gasteiger partial charge in [-0.25, -0.2) is 0 Å². The first-order chi connectivity index (χ1) is 9.43. The lowest BCUT2D eigenvalue weighted by atomic mass is 9.75. The Hall–Kier alpha value is -1.33. The van der Waals surface area contributed by atoms with Gasteiger partial charge in [0, 0.05) is 31.1 Å². The highest BCUT2D eigenvalue weighted by Crippen LogP contribution is 2.40. The van der Waals surface area contributed by atoms with Crippen molar-refractivity contribution in [2.75, 3.05) is 20.3 Å². The van der Waals surface area contributed by atoms with Crippen molar-refractivity contribution >= 4 is 5.91 Å². The van der Waals surface area contributed by atoms with E-state index in [4.69, 9.17) is 4.74 Å². The van der Waals surface area contributed by atoms with Crippen molar-refractivity contribution in [1.82, 2.24) is 9.88 Å². The van der Waals surface area contributed by atoms with Crippen molar-refractivity contribution in [2.24, 2.45) is 5.41 Å². The summed E-state index contributed by atoms with van der Waals surface area (Å²) in [4.78, 5) is 11.9. The molecule has 0 aromatic carbocycles. The van der Waals surface area contributed by atoms with Gasteiger partial charge < -0.3 is 19.7 Å². The van der Waals surface area contributed by atoms with Crippen LogP contribution in [-0.4, -0.2) is 35.8 Å². The maximum absolute atomic E-state index is 11.9. The summed E-state index contributed by atoms with van der Waals surface area (Å²) >= 11 is 0. The van der Waals surface area contributed by atoms with Crippen LogP contribution < -0.4 is 5.32 Å². The lowest BCUT2D eigenvalue weighted by Crippen LogP contribution is -2.32. The Labute approximate surface area is 119 Å². The zero-order valence-electron chi connectivity index (χ0n) is 12.5. The summed E-state index contributed by atoms with van der Waals surface area (Å²) in [6.07, 6.45) is 3.12. The van der Waals surface area contributed by atoms with Gasteiger partial charge in [-0.15, -0.1) is 0 Å². The number of carbonyl (C=O) groups excluding carboxylic acids is 1. The second-order valence-corrected chi connectivity index (χ2v) is 6.25. The minimum atomic E-state index is -0.424. The molecule has 5 nitrogen and oxygen atoms in total. The molecule has 0 aliphatic heterocycles. The highest BCUT2D eigenvalue weighted by molar-refractivity contribution is 5.75. The van der Waals surface area contributed by atoms with Crippen LogP contribution in [0.4, 0.5) is 0 Å². The average Bonchev–Trinajstić information content (AvgIpc) is 2.71. The predicted molar refractivity (Wildman–Crippen MR) is 76.4 cm³/mol. The number of amides is 1. The number of carbonyl (C=O) groups is 1. The van der Waals surface area contributed by atoms with Crippen LogP contribution in [0, 0.1) is 5.41 Å². The molecule has 0 radical (unpaired) electrons. The standard InChI is InChI=1S/C15H24N2O3/c1-15(2)8-12-11(13(18)9-15)4-6-17(12)10-14(19)16-5-7-20-3/h4,6,13,18H,5,7-10H2,1-3H3,(H,16,19). The molecule has 0 spiro atoms. The molecule has 2 N–H and O–H groups in total. The predicted octanol–water partition coefficient (Wildman–Crippen LogP) is 1.26. The van der Waals surface area contributed by atoms with Gasteiger partial charge in [-0.05, 0) is 24.3 Å². The van der Waals surface area contributed by atoms with Gasteiger partial charge in [-0.1, -0.05) is 13.8 Å². The third kappa shape index (κ3) is 3.41. The summed E-state index contributed by atoms with van der Waals surface area (Å²) in [5.74, 6) is -0.0293. The maximum atomic E-state index is 11.9. The molecule has 0 saturated carbocycles. The number of rotatable bonds is 5. The quantitative estimate of drug-likeness (QED) is 0.798. The molecule has 1 aromatic heterocycles. The number of aromatic nitrogens is 1. The first-order valence-corrected chi connectivity index (χ1v) is 7.04. The Morgan fingerprint density at radius 3 is 3.05 bits per heavy atom. The van der Waals surface area contributed by atoms with Crippen LogP contribution in [0.25, 0.3) is 0 Å². The van der Waals surface area contributed by atoms with E-state index in [2.05, 4.69) is 19.2 Å². The van der Waals surface area contributed by atoms with Gasteiger partial charge in [0.05, 0.1) is 12.7 Å². The lowest BCUT2D eigenvalue weighted by molar-refractivity contribution is -0.121. The summed E-state index contributed by atoms with van der Waals surface area (Å²) in [5.41, 5.74) is 2.11. The number of aliphatic hydroxyl groups excluding tert-OH is 1. The topological polar surface area (TPSA) is 63.5 Å². The molecule has 112 valence electrons. The normalized spacial score (nSPS) is 20.5. The molecule has 1 atom stereocenters. The number of nitrogens with one attached hydrogen (secondary N) is 1. The molecular formula is C15H24N2O3. The van der Waals surface area contributed by atoms with Crippen LogP contribution in [0.3, 0.4) is 0 Å². The van der Waals surface area contributed by atoms with Gasteiger partial charge >= 0.3 is 0 Å². The first kappa shape index (κ1) is 15.1. The summed E-state index contributed by atoms with van der Waals surface area (Å²) in [5, 5.41) is 13.0. The van der Waals surface area contributed by atoms with E-state index in [-0.39, 0.29) is 11.3 Å². The smallest absolute Gasteiger partial charge is 0.240 e. The van der Waals surface area contributed by atoms with Gasteiger partial charge in [-0.3, -0.25) is 4.79 Å². The number of ether oxygens (including phenoxy) is 1. The Bertz CT molecular complexity index is 479. The van der Waals surface area contributed by atoms with Crippen molar-refractivity contribution in [2.45, 2.75) is 39.3 Å². The third-order valence-electron chi connectivity index (χ3n) is 3.81. The Morgan fingerprint density at radius 1 is 1.60 bits per heavy atom. The molecule has 2 rings (SSSR count).